The molecule has 0 bridgehead atoms. The largest absolute Gasteiger partial charge is 0.494 e. The summed E-state index contributed by atoms with van der Waals surface area (Å²) in [6.07, 6.45) is 5.50. The summed E-state index contributed by atoms with van der Waals surface area (Å²) >= 11 is 0. The van der Waals surface area contributed by atoms with E-state index < -0.39 is 14.6 Å². The normalized spacial score (nSPS) is 12.4. The number of rotatable bonds is 9. The van der Waals surface area contributed by atoms with Crippen molar-refractivity contribution in [2.45, 2.75) is 64.0 Å². The van der Waals surface area contributed by atoms with E-state index in [1.54, 1.807) is 26.8 Å². The molecule has 23 heavy (non-hydrogen) atoms. The predicted octanol–water partition coefficient (Wildman–Crippen LogP) is 4.54. The third-order valence-corrected chi connectivity index (χ3v) is 6.72. The number of ether oxygens (including phenoxy) is 1. The van der Waals surface area contributed by atoms with Crippen molar-refractivity contribution in [3.8, 4) is 5.75 Å². The van der Waals surface area contributed by atoms with Crippen LogP contribution in [0, 0.1) is 5.82 Å². The van der Waals surface area contributed by atoms with Gasteiger partial charge < -0.3 is 4.74 Å². The summed E-state index contributed by atoms with van der Waals surface area (Å²) < 4.78 is 41.7. The Hall–Kier alpha value is -1.10. The van der Waals surface area contributed by atoms with Gasteiger partial charge in [-0.25, -0.2) is 12.8 Å². The van der Waals surface area contributed by atoms with E-state index in [0.717, 1.165) is 44.1 Å². The molecule has 3 nitrogen and oxygen atoms in total. The molecule has 0 heterocycles. The minimum absolute atomic E-state index is 0.264. The molecule has 5 heteroatoms. The molecule has 0 saturated heterocycles. The zero-order valence-electron chi connectivity index (χ0n) is 14.7. The molecular formula is C18H29FO3S. The number of sulfone groups is 1. The maximum Gasteiger partial charge on any atom is 0.165 e. The molecule has 0 amide bonds. The van der Waals surface area contributed by atoms with E-state index in [1.165, 1.54) is 13.2 Å². The lowest BCUT2D eigenvalue weighted by Crippen LogP contribution is -2.30. The quantitative estimate of drug-likeness (QED) is 0.618. The Morgan fingerprint density at radius 3 is 2.22 bits per heavy atom. The number of aryl methyl sites for hydroxylation is 1. The van der Waals surface area contributed by atoms with Gasteiger partial charge in [0.2, 0.25) is 0 Å². The van der Waals surface area contributed by atoms with Crippen molar-refractivity contribution in [3.05, 3.63) is 29.6 Å². The monoisotopic (exact) mass is 344 g/mol. The second-order valence-corrected chi connectivity index (χ2v) is 9.78. The smallest absolute Gasteiger partial charge is 0.165 e. The van der Waals surface area contributed by atoms with Gasteiger partial charge in [-0.05, 0) is 57.7 Å². The number of unbranched alkanes of at least 4 members (excludes halogenated alkanes) is 4. The summed E-state index contributed by atoms with van der Waals surface area (Å²) in [4.78, 5) is 0. The van der Waals surface area contributed by atoms with Crippen molar-refractivity contribution in [1.82, 2.24) is 0 Å². The number of hydrogen-bond acceptors (Lipinski definition) is 3. The fraction of sp³-hybridized carbons (Fsp3) is 0.667. The van der Waals surface area contributed by atoms with E-state index in [0.29, 0.717) is 0 Å². The van der Waals surface area contributed by atoms with Gasteiger partial charge in [-0.1, -0.05) is 25.3 Å². The standard InChI is InChI=1S/C18H29FO3S/c1-18(2,3)23(20,21)13-9-7-5-6-8-10-15-11-12-17(22-4)16(19)14-15/h11-12,14H,5-10,13H2,1-4H3. The van der Waals surface area contributed by atoms with Crippen molar-refractivity contribution in [1.29, 1.82) is 0 Å². The van der Waals surface area contributed by atoms with Crippen molar-refractivity contribution in [2.24, 2.45) is 0 Å². The van der Waals surface area contributed by atoms with E-state index >= 15 is 0 Å². The molecule has 132 valence electrons. The highest BCUT2D eigenvalue weighted by Gasteiger charge is 2.27. The van der Waals surface area contributed by atoms with Crippen molar-refractivity contribution < 1.29 is 17.5 Å². The molecule has 0 radical (unpaired) electrons. The van der Waals surface area contributed by atoms with Crippen LogP contribution in [0.2, 0.25) is 0 Å². The van der Waals surface area contributed by atoms with Gasteiger partial charge in [0.1, 0.15) is 0 Å². The molecule has 0 aliphatic heterocycles. The fourth-order valence-corrected chi connectivity index (χ4v) is 3.52. The fourth-order valence-electron chi connectivity index (χ4n) is 2.32. The highest BCUT2D eigenvalue weighted by Crippen LogP contribution is 2.20. The minimum atomic E-state index is -3.00. The van der Waals surface area contributed by atoms with Gasteiger partial charge >= 0.3 is 0 Å². The molecule has 0 spiro atoms. The van der Waals surface area contributed by atoms with Crippen LogP contribution in [0.15, 0.2) is 18.2 Å². The Balaban J connectivity index is 2.20. The Morgan fingerprint density at radius 1 is 1.04 bits per heavy atom. The van der Waals surface area contributed by atoms with Crippen LogP contribution in [-0.2, 0) is 16.3 Å². The number of methoxy groups -OCH3 is 1. The second kappa shape index (κ2) is 8.67. The first-order chi connectivity index (χ1) is 10.7. The predicted molar refractivity (Wildman–Crippen MR) is 93.3 cm³/mol. The van der Waals surface area contributed by atoms with E-state index in [1.807, 2.05) is 6.07 Å². The van der Waals surface area contributed by atoms with Crippen molar-refractivity contribution in [2.75, 3.05) is 12.9 Å². The lowest BCUT2D eigenvalue weighted by Gasteiger charge is -2.18. The minimum Gasteiger partial charge on any atom is -0.494 e. The topological polar surface area (TPSA) is 43.4 Å². The molecule has 0 N–H and O–H groups in total. The van der Waals surface area contributed by atoms with Gasteiger partial charge in [0.05, 0.1) is 17.6 Å². The van der Waals surface area contributed by atoms with E-state index in [-0.39, 0.29) is 17.3 Å². The van der Waals surface area contributed by atoms with E-state index in [4.69, 9.17) is 4.74 Å². The molecular weight excluding hydrogens is 315 g/mol. The summed E-state index contributed by atoms with van der Waals surface area (Å²) in [6, 6.07) is 5.06. The molecule has 1 aromatic carbocycles. The summed E-state index contributed by atoms with van der Waals surface area (Å²) in [5, 5.41) is 0. The molecule has 0 aromatic heterocycles. The highest BCUT2D eigenvalue weighted by atomic mass is 32.2. The average molecular weight is 344 g/mol. The van der Waals surface area contributed by atoms with Gasteiger partial charge in [-0.3, -0.25) is 0 Å². The summed E-state index contributed by atoms with van der Waals surface area (Å²) in [6.45, 7) is 5.24. The molecule has 0 unspecified atom stereocenters. The third-order valence-electron chi connectivity index (χ3n) is 4.03. The first kappa shape index (κ1) is 19.9. The highest BCUT2D eigenvalue weighted by molar-refractivity contribution is 7.92. The van der Waals surface area contributed by atoms with Gasteiger partial charge in [0.25, 0.3) is 0 Å². The molecule has 1 rings (SSSR count). The number of hydrogen-bond donors (Lipinski definition) is 0. The van der Waals surface area contributed by atoms with Crippen LogP contribution >= 0.6 is 0 Å². The maximum atomic E-state index is 13.6. The van der Waals surface area contributed by atoms with E-state index in [2.05, 4.69) is 0 Å². The summed E-state index contributed by atoms with van der Waals surface area (Å²) in [5.74, 6) is 0.214. The number of benzene rings is 1. The Bertz CT molecular complexity index is 589. The second-order valence-electron chi connectivity index (χ2n) is 6.92. The zero-order chi connectivity index (χ0) is 17.5. The van der Waals surface area contributed by atoms with Crippen LogP contribution in [0.5, 0.6) is 5.75 Å². The SMILES string of the molecule is COc1ccc(CCCCCCCS(=O)(=O)C(C)(C)C)cc1F. The van der Waals surface area contributed by atoms with Crippen LogP contribution in [0.25, 0.3) is 0 Å². The lowest BCUT2D eigenvalue weighted by atomic mass is 10.1. The van der Waals surface area contributed by atoms with Crippen LogP contribution in [0.4, 0.5) is 4.39 Å². The van der Waals surface area contributed by atoms with Gasteiger partial charge in [0.15, 0.2) is 21.4 Å². The van der Waals surface area contributed by atoms with Crippen molar-refractivity contribution in [3.63, 3.8) is 0 Å². The molecule has 0 aliphatic rings. The Labute approximate surface area is 140 Å². The molecule has 1 aromatic rings. The van der Waals surface area contributed by atoms with Crippen LogP contribution < -0.4 is 4.74 Å². The molecule has 0 saturated carbocycles. The van der Waals surface area contributed by atoms with Gasteiger partial charge in [0, 0.05) is 0 Å². The summed E-state index contributed by atoms with van der Waals surface area (Å²) in [7, 11) is -1.54. The Morgan fingerprint density at radius 2 is 1.65 bits per heavy atom. The average Bonchev–Trinajstić information content (AvgIpc) is 2.45. The maximum absolute atomic E-state index is 13.6. The van der Waals surface area contributed by atoms with Crippen LogP contribution in [0.1, 0.15) is 58.4 Å². The molecule has 0 fully saturated rings. The van der Waals surface area contributed by atoms with E-state index in [9.17, 15) is 12.8 Å². The molecule has 0 aliphatic carbocycles. The van der Waals surface area contributed by atoms with Gasteiger partial charge in [-0.15, -0.1) is 0 Å². The molecule has 0 atom stereocenters. The first-order valence-electron chi connectivity index (χ1n) is 8.22. The van der Waals surface area contributed by atoms with Crippen LogP contribution in [-0.4, -0.2) is 26.0 Å². The van der Waals surface area contributed by atoms with Gasteiger partial charge in [-0.2, -0.15) is 0 Å². The van der Waals surface area contributed by atoms with Crippen LogP contribution in [0.3, 0.4) is 0 Å². The lowest BCUT2D eigenvalue weighted by molar-refractivity contribution is 0.386. The third kappa shape index (κ3) is 6.50. The number of halogens is 1. The zero-order valence-corrected chi connectivity index (χ0v) is 15.5. The summed E-state index contributed by atoms with van der Waals surface area (Å²) in [5.41, 5.74) is 0.971. The Kier molecular flexibility index (Phi) is 7.52. The van der Waals surface area contributed by atoms with Crippen molar-refractivity contribution >= 4 is 9.84 Å². The first-order valence-corrected chi connectivity index (χ1v) is 9.87.